The van der Waals surface area contributed by atoms with Gasteiger partial charge < -0.3 is 9.64 Å². The molecular formula is C19H21F3N4O5S. The van der Waals surface area contributed by atoms with Crippen LogP contribution in [0.3, 0.4) is 0 Å². The van der Waals surface area contributed by atoms with Gasteiger partial charge in [-0.2, -0.15) is 5.10 Å². The van der Waals surface area contributed by atoms with Gasteiger partial charge >= 0.3 is 6.36 Å². The van der Waals surface area contributed by atoms with Gasteiger partial charge in [-0.1, -0.05) is 0 Å². The molecule has 13 heteroatoms. The summed E-state index contributed by atoms with van der Waals surface area (Å²) < 4.78 is 67.9. The van der Waals surface area contributed by atoms with E-state index >= 15 is 0 Å². The molecule has 0 N–H and O–H groups in total. The Labute approximate surface area is 182 Å². The number of carbonyl (C=O) groups excluding carboxylic acids is 2. The number of carbonyl (C=O) groups is 2. The number of halogens is 3. The van der Waals surface area contributed by atoms with Gasteiger partial charge in [0.2, 0.25) is 21.8 Å². The Hall–Kier alpha value is -3.09. The molecule has 3 rings (SSSR count). The van der Waals surface area contributed by atoms with Crippen LogP contribution >= 0.6 is 0 Å². The summed E-state index contributed by atoms with van der Waals surface area (Å²) in [6, 6.07) is 4.62. The monoisotopic (exact) mass is 474 g/mol. The number of sulfonamides is 1. The highest BCUT2D eigenvalue weighted by Gasteiger charge is 2.41. The highest BCUT2D eigenvalue weighted by Crippen LogP contribution is 2.33. The van der Waals surface area contributed by atoms with Crippen LogP contribution in [0.25, 0.3) is 0 Å². The average Bonchev–Trinajstić information content (AvgIpc) is 3.15. The van der Waals surface area contributed by atoms with Crippen molar-refractivity contribution in [2.24, 2.45) is 13.0 Å². The number of anilines is 2. The van der Waals surface area contributed by atoms with E-state index in [1.807, 2.05) is 0 Å². The maximum Gasteiger partial charge on any atom is 0.573 e. The molecule has 1 unspecified atom stereocenters. The van der Waals surface area contributed by atoms with Crippen molar-refractivity contribution >= 4 is 33.2 Å². The third-order valence-electron chi connectivity index (χ3n) is 5.06. The molecule has 1 aliphatic rings. The molecule has 1 atom stereocenters. The van der Waals surface area contributed by atoms with Crippen LogP contribution in [0.4, 0.5) is 24.5 Å². The SMILES string of the molecule is Cc1nn(C)c(C)c1N(C(=O)C1CC(=O)N(c2ccc(OC(F)(F)F)cc2)C1)S(C)(=O)=O. The van der Waals surface area contributed by atoms with E-state index in [4.69, 9.17) is 0 Å². The molecule has 0 bridgehead atoms. The van der Waals surface area contributed by atoms with Crippen LogP contribution in [0.1, 0.15) is 17.8 Å². The minimum absolute atomic E-state index is 0.123. The van der Waals surface area contributed by atoms with Crippen molar-refractivity contribution in [3.63, 3.8) is 0 Å². The lowest BCUT2D eigenvalue weighted by atomic mass is 10.1. The van der Waals surface area contributed by atoms with Gasteiger partial charge in [0, 0.05) is 25.7 Å². The molecule has 1 saturated heterocycles. The average molecular weight is 474 g/mol. The number of alkyl halides is 3. The summed E-state index contributed by atoms with van der Waals surface area (Å²) in [6.45, 7) is 3.07. The highest BCUT2D eigenvalue weighted by atomic mass is 32.2. The zero-order valence-electron chi connectivity index (χ0n) is 17.7. The number of hydrogen-bond donors (Lipinski definition) is 0. The minimum Gasteiger partial charge on any atom is -0.406 e. The molecule has 1 fully saturated rings. The van der Waals surface area contributed by atoms with Gasteiger partial charge in [-0.25, -0.2) is 12.7 Å². The number of benzene rings is 1. The number of hydrogen-bond acceptors (Lipinski definition) is 6. The van der Waals surface area contributed by atoms with E-state index in [0.717, 1.165) is 18.4 Å². The van der Waals surface area contributed by atoms with Crippen LogP contribution in [-0.2, 0) is 26.7 Å². The third-order valence-corrected chi connectivity index (χ3v) is 6.09. The molecule has 0 aliphatic carbocycles. The van der Waals surface area contributed by atoms with Crippen LogP contribution in [0.15, 0.2) is 24.3 Å². The van der Waals surface area contributed by atoms with Gasteiger partial charge in [0.1, 0.15) is 11.4 Å². The van der Waals surface area contributed by atoms with Crippen molar-refractivity contribution in [1.82, 2.24) is 9.78 Å². The molecule has 2 heterocycles. The number of amides is 2. The predicted molar refractivity (Wildman–Crippen MR) is 109 cm³/mol. The van der Waals surface area contributed by atoms with Crippen LogP contribution < -0.4 is 13.9 Å². The summed E-state index contributed by atoms with van der Waals surface area (Å²) in [5, 5.41) is 4.15. The predicted octanol–water partition coefficient (Wildman–Crippen LogP) is 2.28. The van der Waals surface area contributed by atoms with E-state index in [0.29, 0.717) is 15.7 Å². The summed E-state index contributed by atoms with van der Waals surface area (Å²) in [4.78, 5) is 27.0. The molecular weight excluding hydrogens is 453 g/mol. The van der Waals surface area contributed by atoms with Gasteiger partial charge in [-0.15, -0.1) is 13.2 Å². The Morgan fingerprint density at radius 1 is 1.22 bits per heavy atom. The van der Waals surface area contributed by atoms with Crippen molar-refractivity contribution in [2.75, 3.05) is 22.0 Å². The topological polar surface area (TPSA) is 102 Å². The summed E-state index contributed by atoms with van der Waals surface area (Å²) in [5.41, 5.74) is 1.20. The first-order chi connectivity index (χ1) is 14.7. The van der Waals surface area contributed by atoms with Gasteiger partial charge in [0.25, 0.3) is 0 Å². The van der Waals surface area contributed by atoms with Crippen LogP contribution in [0.2, 0.25) is 0 Å². The first-order valence-corrected chi connectivity index (χ1v) is 11.2. The smallest absolute Gasteiger partial charge is 0.406 e. The molecule has 2 amide bonds. The van der Waals surface area contributed by atoms with E-state index in [9.17, 15) is 31.2 Å². The Bertz CT molecular complexity index is 1160. The normalized spacial score (nSPS) is 17.0. The summed E-state index contributed by atoms with van der Waals surface area (Å²) in [7, 11) is -2.42. The molecule has 1 aromatic heterocycles. The number of aryl methyl sites for hydroxylation is 2. The zero-order chi connectivity index (χ0) is 24.0. The Morgan fingerprint density at radius 3 is 2.28 bits per heavy atom. The fraction of sp³-hybridized carbons (Fsp3) is 0.421. The lowest BCUT2D eigenvalue weighted by Crippen LogP contribution is -2.42. The second-order valence-electron chi connectivity index (χ2n) is 7.46. The lowest BCUT2D eigenvalue weighted by Gasteiger charge is -2.24. The zero-order valence-corrected chi connectivity index (χ0v) is 18.5. The maximum absolute atomic E-state index is 13.2. The van der Waals surface area contributed by atoms with Crippen LogP contribution in [0, 0.1) is 19.8 Å². The van der Waals surface area contributed by atoms with E-state index in [2.05, 4.69) is 9.84 Å². The Balaban J connectivity index is 1.86. The number of rotatable bonds is 5. The van der Waals surface area contributed by atoms with Gasteiger partial charge in [-0.3, -0.25) is 14.3 Å². The molecule has 32 heavy (non-hydrogen) atoms. The van der Waals surface area contributed by atoms with E-state index < -0.39 is 39.9 Å². The Morgan fingerprint density at radius 2 is 1.81 bits per heavy atom. The number of nitrogens with zero attached hydrogens (tertiary/aromatic N) is 4. The summed E-state index contributed by atoms with van der Waals surface area (Å²) >= 11 is 0. The van der Waals surface area contributed by atoms with Crippen LogP contribution in [0.5, 0.6) is 5.75 Å². The number of aromatic nitrogens is 2. The fourth-order valence-electron chi connectivity index (χ4n) is 3.61. The second kappa shape index (κ2) is 8.11. The second-order valence-corrected chi connectivity index (χ2v) is 9.29. The molecule has 0 radical (unpaired) electrons. The standard InChI is InChI=1S/C19H21F3N4O5S/c1-11-17(12(2)24(3)23-11)26(32(4,29)30)18(28)13-9-16(27)25(10-13)14-5-7-15(8-6-14)31-19(20,21)22/h5-8,13H,9-10H2,1-4H3. The molecule has 174 valence electrons. The Kier molecular flexibility index (Phi) is 5.98. The van der Waals surface area contributed by atoms with E-state index in [1.54, 1.807) is 20.9 Å². The molecule has 9 nitrogen and oxygen atoms in total. The van der Waals surface area contributed by atoms with Crippen molar-refractivity contribution in [3.05, 3.63) is 35.7 Å². The summed E-state index contributed by atoms with van der Waals surface area (Å²) in [6.07, 6.45) is -4.20. The van der Waals surface area contributed by atoms with Gasteiger partial charge in [-0.05, 0) is 38.1 Å². The third kappa shape index (κ3) is 4.71. The van der Waals surface area contributed by atoms with E-state index in [1.165, 1.54) is 21.7 Å². The quantitative estimate of drug-likeness (QED) is 0.659. The molecule has 2 aromatic rings. The van der Waals surface area contributed by atoms with Crippen molar-refractivity contribution in [3.8, 4) is 5.75 Å². The first-order valence-electron chi connectivity index (χ1n) is 9.39. The first kappa shape index (κ1) is 23.6. The molecule has 1 aromatic carbocycles. The van der Waals surface area contributed by atoms with Crippen molar-refractivity contribution < 1.29 is 35.9 Å². The van der Waals surface area contributed by atoms with Crippen molar-refractivity contribution in [2.45, 2.75) is 26.6 Å². The van der Waals surface area contributed by atoms with Crippen LogP contribution in [-0.4, -0.2) is 49.2 Å². The lowest BCUT2D eigenvalue weighted by molar-refractivity contribution is -0.274. The van der Waals surface area contributed by atoms with Gasteiger partial charge in [0.15, 0.2) is 0 Å². The maximum atomic E-state index is 13.2. The van der Waals surface area contributed by atoms with E-state index in [-0.39, 0.29) is 24.3 Å². The molecule has 0 spiro atoms. The van der Waals surface area contributed by atoms with Crippen molar-refractivity contribution in [1.29, 1.82) is 0 Å². The van der Waals surface area contributed by atoms with Gasteiger partial charge in [0.05, 0.1) is 23.6 Å². The number of ether oxygens (including phenoxy) is 1. The largest absolute Gasteiger partial charge is 0.573 e. The summed E-state index contributed by atoms with van der Waals surface area (Å²) in [5.74, 6) is -2.66. The fourth-order valence-corrected chi connectivity index (χ4v) is 4.68. The molecule has 1 aliphatic heterocycles. The highest BCUT2D eigenvalue weighted by molar-refractivity contribution is 7.92. The molecule has 0 saturated carbocycles. The minimum atomic E-state index is -4.85.